The average molecular weight is 568 g/mol. The van der Waals surface area contributed by atoms with Gasteiger partial charge in [-0.1, -0.05) is 11.6 Å². The number of piperidine rings is 1. The fourth-order valence-corrected chi connectivity index (χ4v) is 6.24. The van der Waals surface area contributed by atoms with Gasteiger partial charge in [-0.25, -0.2) is 4.98 Å². The van der Waals surface area contributed by atoms with E-state index < -0.39 is 0 Å². The summed E-state index contributed by atoms with van der Waals surface area (Å²) in [6.07, 6.45) is 5.49. The third-order valence-electron chi connectivity index (χ3n) is 8.21. The minimum absolute atomic E-state index is 0.0734. The summed E-state index contributed by atoms with van der Waals surface area (Å²) >= 11 is 6.35. The van der Waals surface area contributed by atoms with Crippen LogP contribution in [0.2, 0.25) is 5.02 Å². The molecule has 6 rings (SSSR count). The van der Waals surface area contributed by atoms with Crippen LogP contribution >= 0.6 is 11.6 Å². The van der Waals surface area contributed by atoms with Crippen LogP contribution in [0, 0.1) is 0 Å². The fraction of sp³-hybridized carbons (Fsp3) is 0.552. The molecule has 5 heterocycles. The Kier molecular flexibility index (Phi) is 8.00. The van der Waals surface area contributed by atoms with Crippen molar-refractivity contribution in [2.75, 3.05) is 62.8 Å². The zero-order chi connectivity index (χ0) is 27.6. The number of hydrogen-bond acceptors (Lipinski definition) is 8. The molecule has 214 valence electrons. The van der Waals surface area contributed by atoms with E-state index >= 15 is 0 Å². The molecular weight excluding hydrogens is 530 g/mol. The van der Waals surface area contributed by atoms with E-state index in [2.05, 4.69) is 21.9 Å². The predicted octanol–water partition coefficient (Wildman–Crippen LogP) is 3.91. The molecule has 11 heteroatoms. The molecule has 2 atom stereocenters. The van der Waals surface area contributed by atoms with Gasteiger partial charge in [-0.3, -0.25) is 4.79 Å². The summed E-state index contributed by atoms with van der Waals surface area (Å²) < 4.78 is 13.6. The summed E-state index contributed by atoms with van der Waals surface area (Å²) in [5, 5.41) is 5.64. The Balaban J connectivity index is 1.47. The molecular formula is C29H38ClN7O3. The number of carbonyl (C=O) groups excluding carboxylic acids is 1. The number of nitrogens with two attached hydrogens (primary N) is 1. The maximum Gasteiger partial charge on any atom is 0.258 e. The van der Waals surface area contributed by atoms with Crippen molar-refractivity contribution in [3.8, 4) is 5.75 Å². The van der Waals surface area contributed by atoms with E-state index in [1.165, 1.54) is 0 Å². The number of benzene rings is 1. The van der Waals surface area contributed by atoms with E-state index in [1.807, 2.05) is 15.5 Å². The van der Waals surface area contributed by atoms with Crippen LogP contribution in [0.1, 0.15) is 60.6 Å². The summed E-state index contributed by atoms with van der Waals surface area (Å²) in [7, 11) is 1.73. The first kappa shape index (κ1) is 27.1. The summed E-state index contributed by atoms with van der Waals surface area (Å²) in [6, 6.07) is 9.49. The SMILES string of the molecule is COCCN1CCCCOc2ccc(Cl)cc2C(=O)N2CCCCC2c2cc3nc(N4CCC(N)C4)cc1n3n2. The van der Waals surface area contributed by atoms with E-state index in [4.69, 9.17) is 36.9 Å². The molecule has 1 aromatic carbocycles. The van der Waals surface area contributed by atoms with Crippen molar-refractivity contribution < 1.29 is 14.3 Å². The summed E-state index contributed by atoms with van der Waals surface area (Å²) in [4.78, 5) is 25.6. The average Bonchev–Trinajstić information content (AvgIpc) is 3.60. The van der Waals surface area contributed by atoms with Gasteiger partial charge in [0.25, 0.3) is 5.91 Å². The monoisotopic (exact) mass is 567 g/mol. The van der Waals surface area contributed by atoms with Crippen molar-refractivity contribution in [1.82, 2.24) is 19.5 Å². The zero-order valence-electron chi connectivity index (χ0n) is 23.1. The second-order valence-corrected chi connectivity index (χ2v) is 11.4. The molecule has 40 heavy (non-hydrogen) atoms. The molecule has 0 spiro atoms. The Morgan fingerprint density at radius 2 is 1.98 bits per heavy atom. The first-order chi connectivity index (χ1) is 19.5. The van der Waals surface area contributed by atoms with Gasteiger partial charge >= 0.3 is 0 Å². The number of hydrogen-bond donors (Lipinski definition) is 1. The van der Waals surface area contributed by atoms with Gasteiger partial charge < -0.3 is 29.9 Å². The molecule has 2 fully saturated rings. The maximum atomic E-state index is 14.0. The molecule has 3 aliphatic heterocycles. The normalized spacial score (nSPS) is 22.2. The second-order valence-electron chi connectivity index (χ2n) is 11.0. The predicted molar refractivity (Wildman–Crippen MR) is 156 cm³/mol. The van der Waals surface area contributed by atoms with E-state index in [0.717, 1.165) is 87.7 Å². The number of halogens is 1. The lowest BCUT2D eigenvalue weighted by Gasteiger charge is -2.35. The zero-order valence-corrected chi connectivity index (χ0v) is 23.9. The van der Waals surface area contributed by atoms with Gasteiger partial charge in [-0.05, 0) is 56.7 Å². The minimum Gasteiger partial charge on any atom is -0.493 e. The molecule has 2 N–H and O–H groups in total. The van der Waals surface area contributed by atoms with E-state index in [1.54, 1.807) is 19.2 Å². The number of amides is 1. The third-order valence-corrected chi connectivity index (χ3v) is 8.44. The quantitative estimate of drug-likeness (QED) is 0.506. The van der Waals surface area contributed by atoms with Gasteiger partial charge in [0, 0.05) is 63.0 Å². The Morgan fingerprint density at radius 3 is 2.80 bits per heavy atom. The van der Waals surface area contributed by atoms with Crippen LogP contribution in [0.5, 0.6) is 5.75 Å². The molecule has 2 saturated heterocycles. The Hall–Kier alpha value is -3.08. The highest BCUT2D eigenvalue weighted by atomic mass is 35.5. The van der Waals surface area contributed by atoms with Gasteiger partial charge in [0.15, 0.2) is 5.65 Å². The highest BCUT2D eigenvalue weighted by Gasteiger charge is 2.33. The highest BCUT2D eigenvalue weighted by Crippen LogP contribution is 2.36. The van der Waals surface area contributed by atoms with Gasteiger partial charge in [-0.2, -0.15) is 9.61 Å². The highest BCUT2D eigenvalue weighted by molar-refractivity contribution is 6.31. The number of rotatable bonds is 4. The Labute approximate surface area is 240 Å². The molecule has 0 radical (unpaired) electrons. The van der Waals surface area contributed by atoms with Crippen LogP contribution in [0.3, 0.4) is 0 Å². The molecule has 2 unspecified atom stereocenters. The largest absolute Gasteiger partial charge is 0.493 e. The number of fused-ring (bicyclic) bond motifs is 4. The molecule has 2 bridgehead atoms. The van der Waals surface area contributed by atoms with Crippen LogP contribution in [-0.2, 0) is 4.74 Å². The number of ether oxygens (including phenoxy) is 2. The van der Waals surface area contributed by atoms with Crippen LogP contribution in [0.25, 0.3) is 5.65 Å². The van der Waals surface area contributed by atoms with Crippen LogP contribution in [0.4, 0.5) is 11.6 Å². The van der Waals surface area contributed by atoms with E-state index in [0.29, 0.717) is 36.1 Å². The van der Waals surface area contributed by atoms with Crippen molar-refractivity contribution in [2.45, 2.75) is 50.6 Å². The Morgan fingerprint density at radius 1 is 1.10 bits per heavy atom. The molecule has 0 aliphatic carbocycles. The lowest BCUT2D eigenvalue weighted by molar-refractivity contribution is 0.0601. The number of methoxy groups -OCH3 is 1. The molecule has 1 amide bonds. The van der Waals surface area contributed by atoms with Gasteiger partial charge in [-0.15, -0.1) is 0 Å². The van der Waals surface area contributed by atoms with Crippen LogP contribution in [0.15, 0.2) is 30.3 Å². The smallest absolute Gasteiger partial charge is 0.258 e. The second kappa shape index (κ2) is 11.8. The lowest BCUT2D eigenvalue weighted by atomic mass is 9.98. The first-order valence-electron chi connectivity index (χ1n) is 14.4. The summed E-state index contributed by atoms with van der Waals surface area (Å²) in [5.74, 6) is 2.39. The molecule has 2 aromatic heterocycles. The van der Waals surface area contributed by atoms with E-state index in [9.17, 15) is 4.79 Å². The van der Waals surface area contributed by atoms with Crippen molar-refractivity contribution in [3.05, 3.63) is 46.6 Å². The van der Waals surface area contributed by atoms with Crippen molar-refractivity contribution in [2.24, 2.45) is 5.73 Å². The molecule has 3 aliphatic rings. The number of carbonyl (C=O) groups is 1. The summed E-state index contributed by atoms with van der Waals surface area (Å²) in [6.45, 7) is 4.95. The van der Waals surface area contributed by atoms with Gasteiger partial charge in [0.2, 0.25) is 0 Å². The minimum atomic E-state index is -0.163. The van der Waals surface area contributed by atoms with Crippen LogP contribution in [-0.4, -0.2) is 84.5 Å². The number of anilines is 2. The molecule has 10 nitrogen and oxygen atoms in total. The molecule has 0 saturated carbocycles. The molecule has 3 aromatic rings. The summed E-state index contributed by atoms with van der Waals surface area (Å²) in [5.41, 5.74) is 8.39. The van der Waals surface area contributed by atoms with Crippen molar-refractivity contribution in [3.63, 3.8) is 0 Å². The van der Waals surface area contributed by atoms with Gasteiger partial charge in [0.1, 0.15) is 17.4 Å². The lowest BCUT2D eigenvalue weighted by Crippen LogP contribution is -2.39. The Bertz CT molecular complexity index is 1360. The number of nitrogens with zero attached hydrogens (tertiary/aromatic N) is 6. The van der Waals surface area contributed by atoms with Crippen LogP contribution < -0.4 is 20.3 Å². The maximum absolute atomic E-state index is 14.0. The fourth-order valence-electron chi connectivity index (χ4n) is 6.07. The van der Waals surface area contributed by atoms with Crippen molar-refractivity contribution in [1.29, 1.82) is 0 Å². The first-order valence-corrected chi connectivity index (χ1v) is 14.8. The van der Waals surface area contributed by atoms with E-state index in [-0.39, 0.29) is 18.0 Å². The standard InChI is InChI=1S/C29H38ClN7O3/c1-39-15-13-34-10-4-5-14-40-25-8-7-20(30)16-22(25)29(38)36-11-3-2-6-24(36)23-17-27-32-26(18-28(34)37(27)33-23)35-12-9-21(31)19-35/h7-8,16-18,21,24H,2-6,9-15,19,31H2,1H3. The van der Waals surface area contributed by atoms with Gasteiger partial charge in [0.05, 0.1) is 30.5 Å². The van der Waals surface area contributed by atoms with Crippen molar-refractivity contribution >= 4 is 34.8 Å². The topological polar surface area (TPSA) is 101 Å². The third kappa shape index (κ3) is 5.44. The number of aromatic nitrogens is 3.